The first-order valence-electron chi connectivity index (χ1n) is 9.13. The number of nitrogens with zero attached hydrogens (tertiary/aromatic N) is 4. The van der Waals surface area contributed by atoms with E-state index in [2.05, 4.69) is 24.9 Å². The molecule has 32 heavy (non-hydrogen) atoms. The number of carbonyl (C=O) groups is 1. The van der Waals surface area contributed by atoms with Crippen molar-refractivity contribution in [2.24, 2.45) is 9.98 Å². The zero-order valence-corrected chi connectivity index (χ0v) is 18.4. The predicted octanol–water partition coefficient (Wildman–Crippen LogP) is 4.55. The Bertz CT molecular complexity index is 1190. The zero-order valence-electron chi connectivity index (χ0n) is 17.6. The maximum Gasteiger partial charge on any atom is 0.434 e. The highest BCUT2D eigenvalue weighted by atomic mass is 32.2. The van der Waals surface area contributed by atoms with Crippen LogP contribution in [0.3, 0.4) is 0 Å². The van der Waals surface area contributed by atoms with Crippen molar-refractivity contribution in [1.29, 1.82) is 0 Å². The van der Waals surface area contributed by atoms with Crippen LogP contribution in [0.15, 0.2) is 50.9 Å². The molecule has 0 aliphatic carbocycles. The second-order valence-corrected chi connectivity index (χ2v) is 7.03. The molecule has 0 atom stereocenters. The average Bonchev–Trinajstić information content (AvgIpc) is 3.23. The predicted molar refractivity (Wildman–Crippen MR) is 119 cm³/mol. The van der Waals surface area contributed by atoms with E-state index >= 15 is 0 Å². The van der Waals surface area contributed by atoms with Crippen molar-refractivity contribution in [2.45, 2.75) is 6.92 Å². The van der Waals surface area contributed by atoms with Crippen LogP contribution in [0.1, 0.15) is 11.5 Å². The fourth-order valence-corrected chi connectivity index (χ4v) is 3.18. The van der Waals surface area contributed by atoms with Crippen molar-refractivity contribution in [2.75, 3.05) is 20.5 Å². The number of aromatic hydroxyl groups is 1. The molecule has 0 fully saturated rings. The quantitative estimate of drug-likeness (QED) is 0.437. The van der Waals surface area contributed by atoms with Crippen LogP contribution in [-0.2, 0) is 4.74 Å². The summed E-state index contributed by atoms with van der Waals surface area (Å²) in [6.45, 7) is 1.69. The first-order chi connectivity index (χ1) is 15.4. The third-order valence-electron chi connectivity index (χ3n) is 4.18. The van der Waals surface area contributed by atoms with E-state index in [4.69, 9.17) is 9.26 Å². The number of aliphatic imine (C=N–C) groups is 2. The number of aromatic nitrogens is 2. The highest BCUT2D eigenvalue weighted by Gasteiger charge is 2.20. The lowest BCUT2D eigenvalue weighted by Gasteiger charge is -2.12. The van der Waals surface area contributed by atoms with Gasteiger partial charge in [0.15, 0.2) is 11.5 Å². The standard InChI is InChI=1S/C21H19FN4O5S/c1-11-23-19(26-31-11)12-5-7-13(8-6-12)24-18(20(32-4)25-21(28)30-3)14-9-16(27)17(29-2)10-15(14)22/h5-10,27H,1-4H3/b24-18-,25-20-. The molecule has 3 aromatic rings. The summed E-state index contributed by atoms with van der Waals surface area (Å²) in [5.74, 6) is -0.202. The summed E-state index contributed by atoms with van der Waals surface area (Å²) in [7, 11) is 2.49. The molecule has 9 nitrogen and oxygen atoms in total. The largest absolute Gasteiger partial charge is 0.504 e. The number of thioether (sulfide) groups is 1. The molecular formula is C21H19FN4O5S. The monoisotopic (exact) mass is 458 g/mol. The van der Waals surface area contributed by atoms with Crippen LogP contribution in [0.25, 0.3) is 11.4 Å². The van der Waals surface area contributed by atoms with E-state index in [-0.39, 0.29) is 27.8 Å². The Kier molecular flexibility index (Phi) is 7.21. The fourth-order valence-electron chi connectivity index (χ4n) is 2.67. The first kappa shape index (κ1) is 22.9. The minimum atomic E-state index is -0.872. The van der Waals surface area contributed by atoms with Crippen molar-refractivity contribution in [1.82, 2.24) is 10.1 Å². The van der Waals surface area contributed by atoms with Crippen molar-refractivity contribution in [3.8, 4) is 22.9 Å². The molecule has 0 radical (unpaired) electrons. The van der Waals surface area contributed by atoms with E-state index in [1.54, 1.807) is 37.4 Å². The van der Waals surface area contributed by atoms with Crippen molar-refractivity contribution >= 4 is 34.3 Å². The van der Waals surface area contributed by atoms with Gasteiger partial charge in [-0.1, -0.05) is 5.16 Å². The molecular weight excluding hydrogens is 439 g/mol. The summed E-state index contributed by atoms with van der Waals surface area (Å²) in [6.07, 6.45) is 0.781. The van der Waals surface area contributed by atoms with Crippen molar-refractivity contribution in [3.05, 3.63) is 53.7 Å². The molecule has 1 heterocycles. The summed E-state index contributed by atoms with van der Waals surface area (Å²) in [4.78, 5) is 24.3. The Hall–Kier alpha value is -3.73. The Morgan fingerprint density at radius 1 is 1.22 bits per heavy atom. The molecule has 0 aliphatic rings. The summed E-state index contributed by atoms with van der Waals surface area (Å²) < 4.78 is 29.4. The van der Waals surface area contributed by atoms with Gasteiger partial charge in [-0.05, 0) is 36.6 Å². The molecule has 3 rings (SSSR count). The molecule has 11 heteroatoms. The van der Waals surface area contributed by atoms with Crippen LogP contribution in [0.5, 0.6) is 11.5 Å². The lowest BCUT2D eigenvalue weighted by molar-refractivity contribution is 0.183. The first-order valence-corrected chi connectivity index (χ1v) is 10.4. The van der Waals surface area contributed by atoms with Crippen molar-refractivity contribution in [3.63, 3.8) is 0 Å². The van der Waals surface area contributed by atoms with Crippen LogP contribution < -0.4 is 4.74 Å². The summed E-state index contributed by atoms with van der Waals surface area (Å²) in [5.41, 5.74) is 1.09. The number of hydrogen-bond acceptors (Lipinski definition) is 9. The smallest absolute Gasteiger partial charge is 0.434 e. The van der Waals surface area contributed by atoms with Gasteiger partial charge in [0, 0.05) is 24.1 Å². The number of benzene rings is 2. The molecule has 0 saturated carbocycles. The minimum absolute atomic E-state index is 0.0292. The lowest BCUT2D eigenvalue weighted by atomic mass is 10.1. The van der Waals surface area contributed by atoms with Gasteiger partial charge in [-0.25, -0.2) is 14.2 Å². The maximum atomic E-state index is 14.9. The molecule has 1 amide bonds. The third kappa shape index (κ3) is 5.11. The van der Waals surface area contributed by atoms with Gasteiger partial charge in [0.05, 0.1) is 19.9 Å². The molecule has 2 aromatic carbocycles. The van der Waals surface area contributed by atoms with Crippen LogP contribution in [0.4, 0.5) is 14.9 Å². The molecule has 166 valence electrons. The maximum absolute atomic E-state index is 14.9. The molecule has 1 N–H and O–H groups in total. The van der Waals surface area contributed by atoms with E-state index in [1.807, 2.05) is 0 Å². The van der Waals surface area contributed by atoms with Crippen molar-refractivity contribution < 1.29 is 28.3 Å². The number of hydrogen-bond donors (Lipinski definition) is 1. The van der Waals surface area contributed by atoms with Gasteiger partial charge in [-0.2, -0.15) is 9.98 Å². The molecule has 0 bridgehead atoms. The van der Waals surface area contributed by atoms with Gasteiger partial charge in [-0.3, -0.25) is 0 Å². The molecule has 0 unspecified atom stereocenters. The number of phenolic OH excluding ortho intramolecular Hbond substituents is 1. The Labute approximate surface area is 187 Å². The summed E-state index contributed by atoms with van der Waals surface area (Å²) >= 11 is 1.07. The van der Waals surface area contributed by atoms with E-state index in [0.29, 0.717) is 23.0 Å². The Morgan fingerprint density at radius 3 is 2.50 bits per heavy atom. The molecule has 0 spiro atoms. The highest BCUT2D eigenvalue weighted by molar-refractivity contribution is 8.15. The van der Waals surface area contributed by atoms with E-state index in [1.165, 1.54) is 14.2 Å². The van der Waals surface area contributed by atoms with E-state index < -0.39 is 11.9 Å². The number of aryl methyl sites for hydroxylation is 1. The minimum Gasteiger partial charge on any atom is -0.504 e. The number of carbonyl (C=O) groups excluding carboxylic acids is 1. The second-order valence-electron chi connectivity index (χ2n) is 6.24. The van der Waals surface area contributed by atoms with Crippen LogP contribution in [-0.4, -0.2) is 52.6 Å². The third-order valence-corrected chi connectivity index (χ3v) is 4.85. The average molecular weight is 458 g/mol. The summed E-state index contributed by atoms with van der Waals surface area (Å²) in [5, 5.41) is 14.1. The highest BCUT2D eigenvalue weighted by Crippen LogP contribution is 2.31. The number of amides is 1. The van der Waals surface area contributed by atoms with Gasteiger partial charge >= 0.3 is 6.09 Å². The van der Waals surface area contributed by atoms with E-state index in [0.717, 1.165) is 23.9 Å². The number of methoxy groups -OCH3 is 2. The SMILES string of the molecule is COC(=O)/N=C(SC)/C(=N\c1ccc(-c2noc(C)n2)cc1)c1cc(O)c(OC)cc1F. The van der Waals surface area contributed by atoms with Gasteiger partial charge in [0.2, 0.25) is 11.7 Å². The molecule has 0 aliphatic heterocycles. The van der Waals surface area contributed by atoms with Crippen LogP contribution in [0, 0.1) is 12.7 Å². The summed E-state index contributed by atoms with van der Waals surface area (Å²) in [6, 6.07) is 8.96. The Morgan fingerprint density at radius 2 is 1.94 bits per heavy atom. The topological polar surface area (TPSA) is 119 Å². The van der Waals surface area contributed by atoms with Gasteiger partial charge < -0.3 is 19.1 Å². The van der Waals surface area contributed by atoms with E-state index in [9.17, 15) is 14.3 Å². The lowest BCUT2D eigenvalue weighted by Crippen LogP contribution is -2.16. The van der Waals surface area contributed by atoms with Gasteiger partial charge in [0.25, 0.3) is 0 Å². The number of rotatable bonds is 5. The number of phenols is 1. The number of ether oxygens (including phenoxy) is 2. The molecule has 0 saturated heterocycles. The molecule has 1 aromatic heterocycles. The van der Waals surface area contributed by atoms with Crippen LogP contribution in [0.2, 0.25) is 0 Å². The zero-order chi connectivity index (χ0) is 23.3. The van der Waals surface area contributed by atoms with Crippen LogP contribution >= 0.6 is 11.8 Å². The fraction of sp³-hybridized carbons (Fsp3) is 0.190. The second kappa shape index (κ2) is 10.1. The van der Waals surface area contributed by atoms with Gasteiger partial charge in [0.1, 0.15) is 16.6 Å². The number of halogens is 1. The Balaban J connectivity index is 2.12. The van der Waals surface area contributed by atoms with Gasteiger partial charge in [-0.15, -0.1) is 11.8 Å². The normalized spacial score (nSPS) is 12.0.